The molecule has 0 aliphatic rings. The molecule has 0 fully saturated rings. The van der Waals surface area contributed by atoms with E-state index in [-0.39, 0.29) is 11.6 Å². The molecule has 1 rings (SSSR count). The van der Waals surface area contributed by atoms with E-state index in [1.54, 1.807) is 6.92 Å². The molecular weight excluding hydrogens is 230 g/mol. The molecule has 1 aromatic heterocycles. The van der Waals surface area contributed by atoms with Gasteiger partial charge >= 0.3 is 5.97 Å². The molecule has 1 heterocycles. The third-order valence-corrected chi connectivity index (χ3v) is 2.64. The summed E-state index contributed by atoms with van der Waals surface area (Å²) >= 11 is 0. The molecule has 0 unspecified atom stereocenters. The second kappa shape index (κ2) is 5.80. The summed E-state index contributed by atoms with van der Waals surface area (Å²) in [5.74, 6) is 0.107. The molecule has 0 amide bonds. The Morgan fingerprint density at radius 1 is 1.39 bits per heavy atom. The van der Waals surface area contributed by atoms with Gasteiger partial charge in [0.25, 0.3) is 0 Å². The van der Waals surface area contributed by atoms with Crippen molar-refractivity contribution >= 4 is 11.9 Å². The average Bonchev–Trinajstić information content (AvgIpc) is 2.24. The standard InChI is InChI=1S/C13H21N3O2/c1-8(2)7-16(9(3)4)13-14-6-11(12(17)18)10(5)15-13/h6,8-9H,7H2,1-5H3,(H,17,18). The number of aromatic nitrogens is 2. The lowest BCUT2D eigenvalue weighted by Gasteiger charge is -2.28. The molecule has 0 saturated heterocycles. The van der Waals surface area contributed by atoms with Crippen molar-refractivity contribution in [3.8, 4) is 0 Å². The third-order valence-electron chi connectivity index (χ3n) is 2.64. The molecule has 1 aromatic rings. The van der Waals surface area contributed by atoms with Crippen molar-refractivity contribution in [1.82, 2.24) is 9.97 Å². The predicted molar refractivity (Wildman–Crippen MR) is 71.0 cm³/mol. The predicted octanol–water partition coefficient (Wildman–Crippen LogP) is 2.35. The average molecular weight is 251 g/mol. The molecule has 5 nitrogen and oxygen atoms in total. The second-order valence-electron chi connectivity index (χ2n) is 5.11. The fraction of sp³-hybridized carbons (Fsp3) is 0.615. The zero-order valence-corrected chi connectivity index (χ0v) is 11.6. The van der Waals surface area contributed by atoms with Crippen LogP contribution in [0.2, 0.25) is 0 Å². The lowest BCUT2D eigenvalue weighted by atomic mass is 10.2. The molecule has 0 saturated carbocycles. The molecular formula is C13H21N3O2. The van der Waals surface area contributed by atoms with Gasteiger partial charge in [-0.05, 0) is 26.7 Å². The molecule has 5 heteroatoms. The van der Waals surface area contributed by atoms with Crippen LogP contribution in [0.5, 0.6) is 0 Å². The van der Waals surface area contributed by atoms with Gasteiger partial charge < -0.3 is 10.0 Å². The summed E-state index contributed by atoms with van der Waals surface area (Å²) in [4.78, 5) is 21.5. The summed E-state index contributed by atoms with van der Waals surface area (Å²) in [6.45, 7) is 11.0. The minimum absolute atomic E-state index is 0.159. The van der Waals surface area contributed by atoms with Gasteiger partial charge in [-0.15, -0.1) is 0 Å². The first-order valence-electron chi connectivity index (χ1n) is 6.16. The van der Waals surface area contributed by atoms with Gasteiger partial charge in [0, 0.05) is 18.8 Å². The number of carbonyl (C=O) groups is 1. The van der Waals surface area contributed by atoms with Crippen LogP contribution in [-0.4, -0.2) is 33.6 Å². The highest BCUT2D eigenvalue weighted by Gasteiger charge is 2.17. The summed E-state index contributed by atoms with van der Waals surface area (Å²) < 4.78 is 0. The van der Waals surface area contributed by atoms with Crippen molar-refractivity contribution in [2.75, 3.05) is 11.4 Å². The van der Waals surface area contributed by atoms with Crippen molar-refractivity contribution in [1.29, 1.82) is 0 Å². The van der Waals surface area contributed by atoms with Crippen LogP contribution in [0.4, 0.5) is 5.95 Å². The third kappa shape index (κ3) is 3.42. The fourth-order valence-electron chi connectivity index (χ4n) is 1.72. The normalized spacial score (nSPS) is 11.1. The number of anilines is 1. The maximum Gasteiger partial charge on any atom is 0.339 e. The SMILES string of the molecule is Cc1nc(N(CC(C)C)C(C)C)ncc1C(=O)O. The van der Waals surface area contributed by atoms with E-state index in [2.05, 4.69) is 42.6 Å². The van der Waals surface area contributed by atoms with Gasteiger partial charge in [-0.2, -0.15) is 0 Å². The fourth-order valence-corrected chi connectivity index (χ4v) is 1.72. The molecule has 1 N–H and O–H groups in total. The monoisotopic (exact) mass is 251 g/mol. The van der Waals surface area contributed by atoms with Crippen molar-refractivity contribution in [3.63, 3.8) is 0 Å². The highest BCUT2D eigenvalue weighted by molar-refractivity contribution is 5.88. The lowest BCUT2D eigenvalue weighted by molar-refractivity contribution is 0.0695. The van der Waals surface area contributed by atoms with Crippen LogP contribution >= 0.6 is 0 Å². The second-order valence-corrected chi connectivity index (χ2v) is 5.11. The van der Waals surface area contributed by atoms with Gasteiger partial charge in [-0.3, -0.25) is 0 Å². The summed E-state index contributed by atoms with van der Waals surface area (Å²) in [6, 6.07) is 0.280. The van der Waals surface area contributed by atoms with Crippen LogP contribution in [-0.2, 0) is 0 Å². The number of aryl methyl sites for hydroxylation is 1. The van der Waals surface area contributed by atoms with Gasteiger partial charge in [0.2, 0.25) is 5.95 Å². The van der Waals surface area contributed by atoms with E-state index < -0.39 is 5.97 Å². The number of rotatable bonds is 5. The minimum atomic E-state index is -0.987. The minimum Gasteiger partial charge on any atom is -0.478 e. The van der Waals surface area contributed by atoms with Crippen LogP contribution < -0.4 is 4.90 Å². The zero-order valence-electron chi connectivity index (χ0n) is 11.6. The van der Waals surface area contributed by atoms with Crippen molar-refractivity contribution in [3.05, 3.63) is 17.5 Å². The van der Waals surface area contributed by atoms with Crippen LogP contribution in [0.3, 0.4) is 0 Å². The number of hydrogen-bond acceptors (Lipinski definition) is 4. The molecule has 0 spiro atoms. The van der Waals surface area contributed by atoms with Crippen LogP contribution in [0, 0.1) is 12.8 Å². The van der Waals surface area contributed by atoms with Gasteiger partial charge in [0.1, 0.15) is 0 Å². The molecule has 0 aliphatic carbocycles. The topological polar surface area (TPSA) is 66.3 Å². The Hall–Kier alpha value is -1.65. The molecule has 18 heavy (non-hydrogen) atoms. The van der Waals surface area contributed by atoms with E-state index in [4.69, 9.17) is 5.11 Å². The molecule has 0 aliphatic heterocycles. The van der Waals surface area contributed by atoms with Crippen LogP contribution in [0.1, 0.15) is 43.7 Å². The Bertz CT molecular complexity index is 430. The largest absolute Gasteiger partial charge is 0.478 e. The molecule has 0 bridgehead atoms. The molecule has 0 aromatic carbocycles. The van der Waals surface area contributed by atoms with E-state index in [1.807, 2.05) is 0 Å². The van der Waals surface area contributed by atoms with E-state index in [1.165, 1.54) is 6.20 Å². The van der Waals surface area contributed by atoms with Gasteiger partial charge in [-0.1, -0.05) is 13.8 Å². The number of carboxylic acid groups (broad SMARTS) is 1. The highest BCUT2D eigenvalue weighted by Crippen LogP contribution is 2.15. The summed E-state index contributed by atoms with van der Waals surface area (Å²) in [7, 11) is 0. The zero-order chi connectivity index (χ0) is 13.9. The number of carboxylic acids is 1. The van der Waals surface area contributed by atoms with Crippen LogP contribution in [0.25, 0.3) is 0 Å². The Morgan fingerprint density at radius 3 is 2.39 bits per heavy atom. The van der Waals surface area contributed by atoms with E-state index in [0.717, 1.165) is 6.54 Å². The summed E-state index contributed by atoms with van der Waals surface area (Å²) in [6.07, 6.45) is 1.38. The molecule has 100 valence electrons. The maximum absolute atomic E-state index is 10.9. The quantitative estimate of drug-likeness (QED) is 0.870. The Kier molecular flexibility index (Phi) is 4.64. The number of nitrogens with zero attached hydrogens (tertiary/aromatic N) is 3. The first-order valence-corrected chi connectivity index (χ1v) is 6.16. The van der Waals surface area contributed by atoms with Gasteiger partial charge in [-0.25, -0.2) is 14.8 Å². The molecule has 0 radical (unpaired) electrons. The van der Waals surface area contributed by atoms with Crippen molar-refractivity contribution in [2.24, 2.45) is 5.92 Å². The summed E-state index contributed by atoms with van der Waals surface area (Å²) in [5, 5.41) is 8.96. The van der Waals surface area contributed by atoms with E-state index in [9.17, 15) is 4.79 Å². The van der Waals surface area contributed by atoms with E-state index in [0.29, 0.717) is 17.6 Å². The number of hydrogen-bond donors (Lipinski definition) is 1. The Balaban J connectivity index is 3.07. The van der Waals surface area contributed by atoms with Crippen LogP contribution in [0.15, 0.2) is 6.20 Å². The summed E-state index contributed by atoms with van der Waals surface area (Å²) in [5.41, 5.74) is 0.661. The first-order chi connectivity index (χ1) is 8.32. The van der Waals surface area contributed by atoms with Crippen molar-refractivity contribution in [2.45, 2.75) is 40.7 Å². The maximum atomic E-state index is 10.9. The van der Waals surface area contributed by atoms with Gasteiger partial charge in [0.05, 0.1) is 11.3 Å². The van der Waals surface area contributed by atoms with Gasteiger partial charge in [0.15, 0.2) is 0 Å². The van der Waals surface area contributed by atoms with E-state index >= 15 is 0 Å². The smallest absolute Gasteiger partial charge is 0.339 e. The first kappa shape index (κ1) is 14.4. The Labute approximate surface area is 108 Å². The highest BCUT2D eigenvalue weighted by atomic mass is 16.4. The molecule has 0 atom stereocenters. The number of aromatic carboxylic acids is 1. The van der Waals surface area contributed by atoms with Crippen molar-refractivity contribution < 1.29 is 9.90 Å². The lowest BCUT2D eigenvalue weighted by Crippen LogP contribution is -2.35. The Morgan fingerprint density at radius 2 is 2.00 bits per heavy atom.